The minimum Gasteiger partial charge on any atom is -0.317 e. The fourth-order valence-corrected chi connectivity index (χ4v) is 5.10. The Morgan fingerprint density at radius 2 is 1.75 bits per heavy atom. The van der Waals surface area contributed by atoms with Gasteiger partial charge in [0.25, 0.3) is 0 Å². The molecule has 1 saturated carbocycles. The molecule has 6 heteroatoms. The van der Waals surface area contributed by atoms with E-state index in [0.717, 1.165) is 31.2 Å². The van der Waals surface area contributed by atoms with Crippen LogP contribution in [0, 0.1) is 6.92 Å². The van der Waals surface area contributed by atoms with Crippen LogP contribution in [-0.4, -0.2) is 27.5 Å². The average molecular weight is 361 g/mol. The summed E-state index contributed by atoms with van der Waals surface area (Å²) < 4.78 is 28.3. The van der Waals surface area contributed by atoms with Crippen molar-refractivity contribution >= 4 is 26.0 Å². The van der Waals surface area contributed by atoms with Crippen molar-refractivity contribution in [2.75, 3.05) is 7.05 Å². The smallest absolute Gasteiger partial charge is 0.241 e. The first-order valence-electron chi connectivity index (χ1n) is 6.88. The summed E-state index contributed by atoms with van der Waals surface area (Å²) in [6, 6.07) is 5.85. The number of aryl methyl sites for hydroxylation is 1. The lowest BCUT2D eigenvalue weighted by molar-refractivity contribution is 0.342. The molecule has 0 aliphatic heterocycles. The molecule has 1 aromatic rings. The maximum Gasteiger partial charge on any atom is 0.241 e. The van der Waals surface area contributed by atoms with E-state index >= 15 is 0 Å². The lowest BCUT2D eigenvalue weighted by Gasteiger charge is -2.28. The van der Waals surface area contributed by atoms with Crippen molar-refractivity contribution in [3.05, 3.63) is 28.2 Å². The SMILES string of the molecule is CNC1CCC(NS(=O)(=O)c2ccc(C)cc2Br)CC1. The molecule has 0 unspecified atom stereocenters. The average Bonchev–Trinajstić information content (AvgIpc) is 2.38. The molecule has 20 heavy (non-hydrogen) atoms. The Bertz CT molecular complexity index is 567. The molecule has 0 saturated heterocycles. The molecule has 1 fully saturated rings. The van der Waals surface area contributed by atoms with E-state index in [2.05, 4.69) is 26.0 Å². The van der Waals surface area contributed by atoms with Crippen molar-refractivity contribution in [2.24, 2.45) is 0 Å². The van der Waals surface area contributed by atoms with Crippen molar-refractivity contribution in [2.45, 2.75) is 49.6 Å². The molecule has 0 atom stereocenters. The van der Waals surface area contributed by atoms with Crippen molar-refractivity contribution < 1.29 is 8.42 Å². The van der Waals surface area contributed by atoms with E-state index < -0.39 is 10.0 Å². The molecular weight excluding hydrogens is 340 g/mol. The van der Waals surface area contributed by atoms with E-state index in [1.54, 1.807) is 6.07 Å². The van der Waals surface area contributed by atoms with E-state index in [-0.39, 0.29) is 6.04 Å². The van der Waals surface area contributed by atoms with Gasteiger partial charge in [-0.15, -0.1) is 0 Å². The van der Waals surface area contributed by atoms with Crippen LogP contribution < -0.4 is 10.0 Å². The molecule has 112 valence electrons. The summed E-state index contributed by atoms with van der Waals surface area (Å²) in [5.74, 6) is 0. The largest absolute Gasteiger partial charge is 0.317 e. The standard InChI is InChI=1S/C14H21BrN2O2S/c1-10-3-8-14(13(15)9-10)20(18,19)17-12-6-4-11(16-2)5-7-12/h3,8-9,11-12,16-17H,4-7H2,1-2H3. The van der Waals surface area contributed by atoms with Gasteiger partial charge >= 0.3 is 0 Å². The van der Waals surface area contributed by atoms with Crippen LogP contribution in [0.5, 0.6) is 0 Å². The molecule has 0 heterocycles. The Hall–Kier alpha value is -0.430. The molecule has 0 spiro atoms. The Balaban J connectivity index is 2.08. The van der Waals surface area contributed by atoms with Gasteiger partial charge in [0.15, 0.2) is 0 Å². The summed E-state index contributed by atoms with van der Waals surface area (Å²) in [4.78, 5) is 0.318. The van der Waals surface area contributed by atoms with Crippen LogP contribution in [0.1, 0.15) is 31.2 Å². The summed E-state index contributed by atoms with van der Waals surface area (Å²) in [6.45, 7) is 1.94. The fourth-order valence-electron chi connectivity index (χ4n) is 2.61. The molecule has 2 N–H and O–H groups in total. The van der Waals surface area contributed by atoms with Gasteiger partial charge in [0.05, 0.1) is 4.90 Å². The van der Waals surface area contributed by atoms with Gasteiger partial charge < -0.3 is 5.32 Å². The van der Waals surface area contributed by atoms with Crippen molar-refractivity contribution in [1.29, 1.82) is 0 Å². The molecule has 0 radical (unpaired) electrons. The van der Waals surface area contributed by atoms with Crippen molar-refractivity contribution in [1.82, 2.24) is 10.0 Å². The third-order valence-electron chi connectivity index (χ3n) is 3.83. The van der Waals surface area contributed by atoms with Crippen LogP contribution in [0.15, 0.2) is 27.6 Å². The first-order valence-corrected chi connectivity index (χ1v) is 9.16. The lowest BCUT2D eigenvalue weighted by Crippen LogP contribution is -2.41. The predicted octanol–water partition coefficient (Wildman–Crippen LogP) is 2.57. The topological polar surface area (TPSA) is 58.2 Å². The molecule has 2 rings (SSSR count). The minimum atomic E-state index is -3.45. The molecule has 0 bridgehead atoms. The highest BCUT2D eigenvalue weighted by Crippen LogP contribution is 2.25. The number of halogens is 1. The van der Waals surface area contributed by atoms with E-state index in [4.69, 9.17) is 0 Å². The molecule has 4 nitrogen and oxygen atoms in total. The van der Waals surface area contributed by atoms with Gasteiger partial charge in [-0.2, -0.15) is 0 Å². The normalized spacial score (nSPS) is 23.8. The molecule has 1 aliphatic carbocycles. The lowest BCUT2D eigenvalue weighted by atomic mass is 9.92. The van der Waals surface area contributed by atoms with Crippen LogP contribution in [0.3, 0.4) is 0 Å². The van der Waals surface area contributed by atoms with Gasteiger partial charge in [0, 0.05) is 16.6 Å². The van der Waals surface area contributed by atoms with Crippen LogP contribution in [0.25, 0.3) is 0 Å². The summed E-state index contributed by atoms with van der Waals surface area (Å²) in [7, 11) is -1.49. The first kappa shape index (κ1) is 15.9. The summed E-state index contributed by atoms with van der Waals surface area (Å²) in [5.41, 5.74) is 1.03. The van der Waals surface area contributed by atoms with Crippen molar-refractivity contribution in [3.8, 4) is 0 Å². The number of nitrogens with one attached hydrogen (secondary N) is 2. The quantitative estimate of drug-likeness (QED) is 0.867. The Morgan fingerprint density at radius 1 is 1.15 bits per heavy atom. The maximum absolute atomic E-state index is 12.4. The van der Waals surface area contributed by atoms with E-state index in [9.17, 15) is 8.42 Å². The van der Waals surface area contributed by atoms with E-state index in [1.807, 2.05) is 26.1 Å². The van der Waals surface area contributed by atoms with Gasteiger partial charge in [-0.1, -0.05) is 6.07 Å². The molecule has 1 aliphatic rings. The zero-order valence-corrected chi connectivity index (χ0v) is 14.2. The second kappa shape index (κ2) is 6.56. The maximum atomic E-state index is 12.4. The second-order valence-corrected chi connectivity index (χ2v) is 7.93. The Morgan fingerprint density at radius 3 is 2.30 bits per heavy atom. The number of rotatable bonds is 4. The van der Waals surface area contributed by atoms with Crippen LogP contribution in [0.4, 0.5) is 0 Å². The molecule has 0 aromatic heterocycles. The zero-order chi connectivity index (χ0) is 14.8. The van der Waals surface area contributed by atoms with Gasteiger partial charge in [-0.05, 0) is 73.3 Å². The van der Waals surface area contributed by atoms with Gasteiger partial charge in [-0.3, -0.25) is 0 Å². The number of hydrogen-bond acceptors (Lipinski definition) is 3. The highest BCUT2D eigenvalue weighted by molar-refractivity contribution is 9.10. The second-order valence-electron chi connectivity index (χ2n) is 5.39. The zero-order valence-electron chi connectivity index (χ0n) is 11.8. The third-order valence-corrected chi connectivity index (χ3v) is 6.33. The monoisotopic (exact) mass is 360 g/mol. The summed E-state index contributed by atoms with van der Waals surface area (Å²) >= 11 is 3.34. The van der Waals surface area contributed by atoms with Crippen LogP contribution >= 0.6 is 15.9 Å². The van der Waals surface area contributed by atoms with Gasteiger partial charge in [0.1, 0.15) is 0 Å². The number of sulfonamides is 1. The minimum absolute atomic E-state index is 0.0396. The Labute approximate surface area is 129 Å². The highest BCUT2D eigenvalue weighted by Gasteiger charge is 2.26. The highest BCUT2D eigenvalue weighted by atomic mass is 79.9. The molecule has 1 aromatic carbocycles. The third kappa shape index (κ3) is 3.81. The van der Waals surface area contributed by atoms with Crippen LogP contribution in [-0.2, 0) is 10.0 Å². The first-order chi connectivity index (χ1) is 9.42. The van der Waals surface area contributed by atoms with Crippen molar-refractivity contribution in [3.63, 3.8) is 0 Å². The fraction of sp³-hybridized carbons (Fsp3) is 0.571. The number of benzene rings is 1. The summed E-state index contributed by atoms with van der Waals surface area (Å²) in [5, 5.41) is 3.25. The van der Waals surface area contributed by atoms with Crippen LogP contribution in [0.2, 0.25) is 0 Å². The number of hydrogen-bond donors (Lipinski definition) is 2. The Kier molecular flexibility index (Phi) is 5.23. The molecule has 0 amide bonds. The molecular formula is C14H21BrN2O2S. The van der Waals surface area contributed by atoms with E-state index in [1.165, 1.54) is 0 Å². The van der Waals surface area contributed by atoms with E-state index in [0.29, 0.717) is 15.4 Å². The van der Waals surface area contributed by atoms with Gasteiger partial charge in [-0.25, -0.2) is 13.1 Å². The predicted molar refractivity (Wildman–Crippen MR) is 84.3 cm³/mol. The van der Waals surface area contributed by atoms with Gasteiger partial charge in [0.2, 0.25) is 10.0 Å². The summed E-state index contributed by atoms with van der Waals surface area (Å²) in [6.07, 6.45) is 3.79.